The molecule has 0 atom stereocenters. The smallest absolute Gasteiger partial charge is 0.261 e. The highest BCUT2D eigenvalue weighted by Gasteiger charge is 2.15. The van der Waals surface area contributed by atoms with Crippen molar-refractivity contribution in [1.82, 2.24) is 0 Å². The molecule has 3 aromatic rings. The number of rotatable bonds is 6. The van der Waals surface area contributed by atoms with E-state index in [1.165, 1.54) is 12.1 Å². The molecule has 4 nitrogen and oxygen atoms in total. The number of ether oxygens (including phenoxy) is 1. The number of aryl methyl sites for hydroxylation is 2. The van der Waals surface area contributed by atoms with Gasteiger partial charge in [-0.2, -0.15) is 0 Å². The van der Waals surface area contributed by atoms with Crippen LogP contribution < -0.4 is 9.46 Å². The normalized spacial score (nSPS) is 11.2. The average molecular weight is 385 g/mol. The van der Waals surface area contributed by atoms with E-state index in [0.717, 1.165) is 11.1 Å². The first-order valence-corrected chi connectivity index (χ1v) is 10.0. The summed E-state index contributed by atoms with van der Waals surface area (Å²) in [5.74, 6) is 0.778. The van der Waals surface area contributed by atoms with Crippen molar-refractivity contribution in [3.05, 3.63) is 83.7 Å². The van der Waals surface area contributed by atoms with Crippen molar-refractivity contribution in [3.8, 4) is 11.5 Å². The van der Waals surface area contributed by atoms with Gasteiger partial charge >= 0.3 is 0 Å². The summed E-state index contributed by atoms with van der Waals surface area (Å²) < 4.78 is 46.6. The lowest BCUT2D eigenvalue weighted by Gasteiger charge is -2.14. The topological polar surface area (TPSA) is 55.4 Å². The second kappa shape index (κ2) is 7.80. The van der Waals surface area contributed by atoms with E-state index in [1.54, 1.807) is 48.5 Å². The van der Waals surface area contributed by atoms with Crippen LogP contribution in [0.4, 0.5) is 10.1 Å². The lowest BCUT2D eigenvalue weighted by Crippen LogP contribution is -2.13. The number of anilines is 1. The fraction of sp³-hybridized carbons (Fsp3) is 0.143. The first kappa shape index (κ1) is 18.9. The van der Waals surface area contributed by atoms with Crippen molar-refractivity contribution in [3.63, 3.8) is 0 Å². The summed E-state index contributed by atoms with van der Waals surface area (Å²) in [6.07, 6.45) is 0.649. The molecule has 0 heterocycles. The van der Waals surface area contributed by atoms with Crippen molar-refractivity contribution < 1.29 is 17.5 Å². The van der Waals surface area contributed by atoms with Crippen LogP contribution in [0, 0.1) is 12.7 Å². The predicted octanol–water partition coefficient (Wildman–Crippen LogP) is 5.29. The monoisotopic (exact) mass is 385 g/mol. The van der Waals surface area contributed by atoms with Crippen LogP contribution in [0.2, 0.25) is 0 Å². The molecule has 0 aromatic heterocycles. The molecule has 0 spiro atoms. The van der Waals surface area contributed by atoms with Gasteiger partial charge in [0.25, 0.3) is 10.0 Å². The van der Waals surface area contributed by atoms with Crippen LogP contribution in [0.15, 0.2) is 71.6 Å². The van der Waals surface area contributed by atoms with Gasteiger partial charge in [0.2, 0.25) is 0 Å². The van der Waals surface area contributed by atoms with Crippen LogP contribution in [-0.4, -0.2) is 8.42 Å². The van der Waals surface area contributed by atoms with Crippen LogP contribution in [0.25, 0.3) is 0 Å². The van der Waals surface area contributed by atoms with Crippen LogP contribution in [0.5, 0.6) is 11.5 Å². The quantitative estimate of drug-likeness (QED) is 0.627. The number of hydrogen-bond acceptors (Lipinski definition) is 3. The number of sulfonamides is 1. The Morgan fingerprint density at radius 1 is 1.00 bits per heavy atom. The molecule has 0 aliphatic carbocycles. The molecule has 140 valence electrons. The number of benzene rings is 3. The average Bonchev–Trinajstić information content (AvgIpc) is 2.64. The Labute approximate surface area is 158 Å². The summed E-state index contributed by atoms with van der Waals surface area (Å²) in [5.41, 5.74) is 2.17. The fourth-order valence-electron chi connectivity index (χ4n) is 2.64. The van der Waals surface area contributed by atoms with Crippen LogP contribution in [0.1, 0.15) is 18.1 Å². The van der Waals surface area contributed by atoms with E-state index in [2.05, 4.69) is 4.72 Å². The lowest BCUT2D eigenvalue weighted by atomic mass is 10.1. The fourth-order valence-corrected chi connectivity index (χ4v) is 3.80. The van der Waals surface area contributed by atoms with Crippen molar-refractivity contribution in [2.75, 3.05) is 4.72 Å². The Balaban J connectivity index is 1.84. The summed E-state index contributed by atoms with van der Waals surface area (Å²) in [5, 5.41) is 0. The molecule has 0 amide bonds. The molecule has 0 fully saturated rings. The third-order valence-electron chi connectivity index (χ3n) is 4.03. The van der Waals surface area contributed by atoms with Crippen molar-refractivity contribution in [2.24, 2.45) is 0 Å². The molecule has 0 aliphatic heterocycles. The Bertz CT molecular complexity index is 1050. The van der Waals surface area contributed by atoms with Gasteiger partial charge in [-0.15, -0.1) is 0 Å². The van der Waals surface area contributed by atoms with E-state index in [-0.39, 0.29) is 10.7 Å². The van der Waals surface area contributed by atoms with Gasteiger partial charge in [0.15, 0.2) is 0 Å². The van der Waals surface area contributed by atoms with Gasteiger partial charge in [0.05, 0.1) is 4.90 Å². The maximum Gasteiger partial charge on any atom is 0.261 e. The van der Waals surface area contributed by atoms with Gasteiger partial charge in [-0.3, -0.25) is 4.72 Å². The molecule has 3 aromatic carbocycles. The summed E-state index contributed by atoms with van der Waals surface area (Å²) in [6, 6.07) is 17.6. The van der Waals surface area contributed by atoms with E-state index < -0.39 is 10.0 Å². The largest absolute Gasteiger partial charge is 0.457 e. The van der Waals surface area contributed by atoms with Crippen LogP contribution in [-0.2, 0) is 16.4 Å². The van der Waals surface area contributed by atoms with Crippen molar-refractivity contribution in [2.45, 2.75) is 25.2 Å². The minimum Gasteiger partial charge on any atom is -0.457 e. The van der Waals surface area contributed by atoms with Crippen LogP contribution >= 0.6 is 0 Å². The first-order valence-electron chi connectivity index (χ1n) is 8.53. The number of nitrogens with one attached hydrogen (secondary N) is 1. The summed E-state index contributed by atoms with van der Waals surface area (Å²) in [7, 11) is -3.67. The third-order valence-corrected chi connectivity index (χ3v) is 5.41. The van der Waals surface area contributed by atoms with E-state index in [0.29, 0.717) is 23.6 Å². The van der Waals surface area contributed by atoms with E-state index >= 15 is 0 Å². The molecule has 3 rings (SSSR count). The SMILES string of the molecule is CCc1cc(NS(=O)(=O)c2cccc(C)c2)ccc1Oc1ccc(F)cc1. The van der Waals surface area contributed by atoms with Crippen LogP contribution in [0.3, 0.4) is 0 Å². The Morgan fingerprint density at radius 2 is 1.74 bits per heavy atom. The highest BCUT2D eigenvalue weighted by atomic mass is 32.2. The van der Waals surface area contributed by atoms with Gasteiger partial charge in [0.1, 0.15) is 17.3 Å². The molecule has 0 aliphatic rings. The minimum absolute atomic E-state index is 0.215. The summed E-state index contributed by atoms with van der Waals surface area (Å²) >= 11 is 0. The second-order valence-corrected chi connectivity index (χ2v) is 7.84. The zero-order valence-electron chi connectivity index (χ0n) is 15.1. The van der Waals surface area contributed by atoms with Crippen molar-refractivity contribution >= 4 is 15.7 Å². The molecular weight excluding hydrogens is 365 g/mol. The molecule has 0 radical (unpaired) electrons. The van der Waals surface area contributed by atoms with Gasteiger partial charge in [-0.05, 0) is 79.1 Å². The predicted molar refractivity (Wildman–Crippen MR) is 104 cm³/mol. The highest BCUT2D eigenvalue weighted by Crippen LogP contribution is 2.29. The van der Waals surface area contributed by atoms with Gasteiger partial charge in [0, 0.05) is 5.69 Å². The Hall–Kier alpha value is -2.86. The highest BCUT2D eigenvalue weighted by molar-refractivity contribution is 7.92. The molecule has 0 unspecified atom stereocenters. The molecule has 0 saturated carbocycles. The minimum atomic E-state index is -3.67. The second-order valence-electron chi connectivity index (χ2n) is 6.15. The van der Waals surface area contributed by atoms with Crippen molar-refractivity contribution in [1.29, 1.82) is 0 Å². The standard InChI is InChI=1S/C21H20FNO3S/c1-3-16-14-18(23-27(24,25)20-6-4-5-15(2)13-20)9-12-21(16)26-19-10-7-17(22)8-11-19/h4-14,23H,3H2,1-2H3. The zero-order chi connectivity index (χ0) is 19.4. The van der Waals surface area contributed by atoms with E-state index in [1.807, 2.05) is 19.9 Å². The van der Waals surface area contributed by atoms with Gasteiger partial charge < -0.3 is 4.74 Å². The number of halogens is 1. The van der Waals surface area contributed by atoms with Gasteiger partial charge in [-0.25, -0.2) is 12.8 Å². The summed E-state index contributed by atoms with van der Waals surface area (Å²) in [6.45, 7) is 3.79. The maximum absolute atomic E-state index is 13.0. The maximum atomic E-state index is 13.0. The molecule has 1 N–H and O–H groups in total. The van der Waals surface area contributed by atoms with Gasteiger partial charge in [-0.1, -0.05) is 19.1 Å². The number of hydrogen-bond donors (Lipinski definition) is 1. The summed E-state index contributed by atoms with van der Waals surface area (Å²) in [4.78, 5) is 0.215. The third kappa shape index (κ3) is 4.65. The molecule has 6 heteroatoms. The molecular formula is C21H20FNO3S. The molecule has 27 heavy (non-hydrogen) atoms. The molecule has 0 saturated heterocycles. The Kier molecular flexibility index (Phi) is 5.46. The first-order chi connectivity index (χ1) is 12.9. The Morgan fingerprint density at radius 3 is 2.41 bits per heavy atom. The molecule has 0 bridgehead atoms. The zero-order valence-corrected chi connectivity index (χ0v) is 15.9. The van der Waals surface area contributed by atoms with E-state index in [4.69, 9.17) is 4.74 Å². The van der Waals surface area contributed by atoms with E-state index in [9.17, 15) is 12.8 Å². The lowest BCUT2D eigenvalue weighted by molar-refractivity contribution is 0.475.